The van der Waals surface area contributed by atoms with E-state index in [1.165, 1.54) is 4.90 Å². The lowest BCUT2D eigenvalue weighted by Crippen LogP contribution is -2.52. The van der Waals surface area contributed by atoms with Crippen molar-refractivity contribution in [3.05, 3.63) is 65.2 Å². The maximum atomic E-state index is 13.3. The first-order valence-corrected chi connectivity index (χ1v) is 11.5. The molecule has 1 saturated heterocycles. The topological polar surface area (TPSA) is 104 Å². The number of carbonyl (C=O) groups excluding carboxylic acids is 3. The molecule has 5 rings (SSSR count). The number of hydrogen-bond donors (Lipinski definition) is 1. The second-order valence-electron chi connectivity index (χ2n) is 7.75. The highest BCUT2D eigenvalue weighted by Gasteiger charge is 2.48. The van der Waals surface area contributed by atoms with Crippen molar-refractivity contribution in [3.8, 4) is 0 Å². The zero-order valence-corrected chi connectivity index (χ0v) is 16.8. The number of nitrogens with zero attached hydrogens (tertiary/aromatic N) is 2. The Morgan fingerprint density at radius 2 is 1.70 bits per heavy atom. The molecule has 3 amide bonds. The predicted molar refractivity (Wildman–Crippen MR) is 109 cm³/mol. The third-order valence-corrected chi connectivity index (χ3v) is 7.56. The van der Waals surface area contributed by atoms with E-state index >= 15 is 0 Å². The van der Waals surface area contributed by atoms with Crippen LogP contribution >= 0.6 is 0 Å². The Balaban J connectivity index is 1.49. The monoisotopic (exact) mass is 425 g/mol. The minimum atomic E-state index is -3.13. The fourth-order valence-electron chi connectivity index (χ4n) is 4.47. The van der Waals surface area contributed by atoms with Gasteiger partial charge in [0.2, 0.25) is 5.91 Å². The molecule has 0 spiro atoms. The number of sulfone groups is 1. The van der Waals surface area contributed by atoms with Crippen LogP contribution in [0.4, 0.5) is 5.69 Å². The zero-order chi connectivity index (χ0) is 21.0. The summed E-state index contributed by atoms with van der Waals surface area (Å²) in [6.07, 6.45) is -0.351. The van der Waals surface area contributed by atoms with Crippen LogP contribution < -0.4 is 10.2 Å². The molecule has 1 N–H and O–H groups in total. The van der Waals surface area contributed by atoms with E-state index in [4.69, 9.17) is 0 Å². The van der Waals surface area contributed by atoms with Crippen LogP contribution in [0.5, 0.6) is 0 Å². The van der Waals surface area contributed by atoms with Crippen molar-refractivity contribution in [1.29, 1.82) is 0 Å². The molecule has 3 heterocycles. The molecule has 0 bridgehead atoms. The first-order chi connectivity index (χ1) is 14.4. The van der Waals surface area contributed by atoms with E-state index in [0.29, 0.717) is 28.8 Å². The lowest BCUT2D eigenvalue weighted by atomic mass is 10.0. The molecule has 8 nitrogen and oxygen atoms in total. The first-order valence-electron chi connectivity index (χ1n) is 9.68. The van der Waals surface area contributed by atoms with Gasteiger partial charge in [-0.1, -0.05) is 30.3 Å². The number of amides is 3. The Morgan fingerprint density at radius 1 is 1.00 bits per heavy atom. The summed E-state index contributed by atoms with van der Waals surface area (Å²) in [7, 11) is -3.13. The Bertz CT molecular complexity index is 1190. The molecule has 2 unspecified atom stereocenters. The van der Waals surface area contributed by atoms with Crippen molar-refractivity contribution in [2.45, 2.75) is 18.6 Å². The van der Waals surface area contributed by atoms with Crippen molar-refractivity contribution in [2.75, 3.05) is 23.0 Å². The third kappa shape index (κ3) is 2.88. The second kappa shape index (κ2) is 6.66. The smallest absolute Gasteiger partial charge is 0.260 e. The summed E-state index contributed by atoms with van der Waals surface area (Å²) in [6, 6.07) is 13.4. The van der Waals surface area contributed by atoms with Crippen molar-refractivity contribution in [3.63, 3.8) is 0 Å². The van der Waals surface area contributed by atoms with E-state index in [0.717, 1.165) is 0 Å². The Hall–Kier alpha value is -3.20. The standard InChI is InChI=1S/C21H19N3O5S/c25-18(22-13-9-10-30(28,29)12-13)11-23-19-14-5-1-2-6-15(14)21(27)24(19)17-8-4-3-7-16(17)20(23)26/h1-8,13,19H,9-12H2,(H,22,25). The van der Waals surface area contributed by atoms with E-state index < -0.39 is 28.0 Å². The molecule has 2 aromatic carbocycles. The number of anilines is 1. The van der Waals surface area contributed by atoms with E-state index in [2.05, 4.69) is 5.32 Å². The first kappa shape index (κ1) is 18.8. The van der Waals surface area contributed by atoms with Crippen molar-refractivity contribution in [1.82, 2.24) is 10.2 Å². The Labute approximate surface area is 173 Å². The van der Waals surface area contributed by atoms with Crippen molar-refractivity contribution < 1.29 is 22.8 Å². The van der Waals surface area contributed by atoms with Gasteiger partial charge in [0, 0.05) is 17.2 Å². The minimum Gasteiger partial charge on any atom is -0.351 e. The van der Waals surface area contributed by atoms with Gasteiger partial charge in [-0.3, -0.25) is 19.3 Å². The summed E-state index contributed by atoms with van der Waals surface area (Å²) < 4.78 is 23.3. The number of nitrogens with one attached hydrogen (secondary N) is 1. The van der Waals surface area contributed by atoms with Crippen LogP contribution in [-0.2, 0) is 14.6 Å². The molecule has 2 aromatic rings. The summed E-state index contributed by atoms with van der Waals surface area (Å²) >= 11 is 0. The normalized spacial score (nSPS) is 23.7. The molecule has 3 aliphatic rings. The highest BCUT2D eigenvalue weighted by Crippen LogP contribution is 2.44. The van der Waals surface area contributed by atoms with E-state index in [9.17, 15) is 22.8 Å². The van der Waals surface area contributed by atoms with Crippen LogP contribution in [0.2, 0.25) is 0 Å². The fraction of sp³-hybridized carbons (Fsp3) is 0.286. The van der Waals surface area contributed by atoms with Crippen LogP contribution in [0.25, 0.3) is 0 Å². The van der Waals surface area contributed by atoms with Crippen LogP contribution in [0.1, 0.15) is 38.9 Å². The average Bonchev–Trinajstić information content (AvgIpc) is 3.22. The molecular formula is C21H19N3O5S. The maximum Gasteiger partial charge on any atom is 0.260 e. The highest BCUT2D eigenvalue weighted by molar-refractivity contribution is 7.91. The molecule has 0 radical (unpaired) electrons. The van der Waals surface area contributed by atoms with Gasteiger partial charge in [-0.05, 0) is 24.6 Å². The quantitative estimate of drug-likeness (QED) is 0.793. The number of para-hydroxylation sites is 1. The zero-order valence-electron chi connectivity index (χ0n) is 15.9. The Kier molecular flexibility index (Phi) is 4.18. The summed E-state index contributed by atoms with van der Waals surface area (Å²) in [5, 5.41) is 2.73. The maximum absolute atomic E-state index is 13.3. The fourth-order valence-corrected chi connectivity index (χ4v) is 6.14. The molecule has 2 atom stereocenters. The van der Waals surface area contributed by atoms with Crippen LogP contribution in [0.15, 0.2) is 48.5 Å². The van der Waals surface area contributed by atoms with E-state index in [-0.39, 0.29) is 29.9 Å². The van der Waals surface area contributed by atoms with Gasteiger partial charge in [0.15, 0.2) is 9.84 Å². The van der Waals surface area contributed by atoms with Gasteiger partial charge in [0.05, 0.1) is 22.8 Å². The average molecular weight is 425 g/mol. The number of fused-ring (bicyclic) bond motifs is 5. The summed E-state index contributed by atoms with van der Waals surface area (Å²) in [4.78, 5) is 42.0. The molecular weight excluding hydrogens is 406 g/mol. The molecule has 0 saturated carbocycles. The molecule has 1 fully saturated rings. The molecule has 154 valence electrons. The van der Waals surface area contributed by atoms with Gasteiger partial charge in [0.1, 0.15) is 12.7 Å². The molecule has 3 aliphatic heterocycles. The third-order valence-electron chi connectivity index (χ3n) is 5.79. The van der Waals surface area contributed by atoms with Gasteiger partial charge in [0.25, 0.3) is 11.8 Å². The van der Waals surface area contributed by atoms with Gasteiger partial charge in [-0.15, -0.1) is 0 Å². The van der Waals surface area contributed by atoms with E-state index in [1.807, 2.05) is 0 Å². The number of rotatable bonds is 3. The number of hydrogen-bond acceptors (Lipinski definition) is 5. The summed E-state index contributed by atoms with van der Waals surface area (Å²) in [6.45, 7) is -0.271. The van der Waals surface area contributed by atoms with Gasteiger partial charge in [-0.2, -0.15) is 0 Å². The SMILES string of the molecule is O=C(CN1C(=O)c2ccccc2N2C(=O)c3ccccc3C12)NC1CCS(=O)(=O)C1. The highest BCUT2D eigenvalue weighted by atomic mass is 32.2. The predicted octanol–water partition coefficient (Wildman–Crippen LogP) is 1.10. The van der Waals surface area contributed by atoms with Crippen LogP contribution in [0, 0.1) is 0 Å². The molecule has 0 aromatic heterocycles. The van der Waals surface area contributed by atoms with Crippen LogP contribution in [0.3, 0.4) is 0 Å². The molecule has 0 aliphatic carbocycles. The molecule has 9 heteroatoms. The van der Waals surface area contributed by atoms with Gasteiger partial charge in [-0.25, -0.2) is 8.42 Å². The lowest BCUT2D eigenvalue weighted by molar-refractivity contribution is -0.122. The Morgan fingerprint density at radius 3 is 2.43 bits per heavy atom. The summed E-state index contributed by atoms with van der Waals surface area (Å²) in [5.41, 5.74) is 2.04. The number of carbonyl (C=O) groups is 3. The van der Waals surface area contributed by atoms with Gasteiger partial charge < -0.3 is 10.2 Å². The van der Waals surface area contributed by atoms with E-state index in [1.54, 1.807) is 53.4 Å². The van der Waals surface area contributed by atoms with Crippen LogP contribution in [-0.4, -0.2) is 55.1 Å². The van der Waals surface area contributed by atoms with Crippen molar-refractivity contribution >= 4 is 33.2 Å². The lowest BCUT2D eigenvalue weighted by Gasteiger charge is -2.40. The number of benzene rings is 2. The minimum absolute atomic E-state index is 0.0479. The second-order valence-corrected chi connectivity index (χ2v) is 9.98. The molecule has 30 heavy (non-hydrogen) atoms. The van der Waals surface area contributed by atoms with Gasteiger partial charge >= 0.3 is 0 Å². The largest absolute Gasteiger partial charge is 0.351 e. The van der Waals surface area contributed by atoms with Crippen molar-refractivity contribution in [2.24, 2.45) is 0 Å². The summed E-state index contributed by atoms with van der Waals surface area (Å²) in [5.74, 6) is -1.05.